The molecule has 0 aromatic rings. The Morgan fingerprint density at radius 1 is 1.28 bits per heavy atom. The van der Waals surface area contributed by atoms with Gasteiger partial charge in [-0.15, -0.1) is 0 Å². The quantitative estimate of drug-likeness (QED) is 0.660. The molecule has 3 N–H and O–H groups in total. The van der Waals surface area contributed by atoms with Crippen molar-refractivity contribution >= 4 is 17.8 Å². The summed E-state index contributed by atoms with van der Waals surface area (Å²) in [7, 11) is 0. The number of nitrogens with one attached hydrogen (secondary N) is 3. The number of carbonyl (C=O) groups is 3. The van der Waals surface area contributed by atoms with E-state index < -0.39 is 11.6 Å². The second-order valence-electron chi connectivity index (χ2n) is 7.90. The van der Waals surface area contributed by atoms with Crippen molar-refractivity contribution in [2.75, 3.05) is 19.6 Å². The van der Waals surface area contributed by atoms with Crippen LogP contribution in [-0.2, 0) is 9.59 Å². The highest BCUT2D eigenvalue weighted by Crippen LogP contribution is 2.37. The second kappa shape index (κ2) is 7.32. The molecule has 3 aliphatic rings. The Kier molecular flexibility index (Phi) is 5.32. The number of piperidine rings is 1. The number of rotatable bonds is 4. The monoisotopic (exact) mass is 350 g/mol. The third-order valence-electron chi connectivity index (χ3n) is 6.22. The van der Waals surface area contributed by atoms with Gasteiger partial charge in [-0.25, -0.2) is 4.79 Å². The van der Waals surface area contributed by atoms with Crippen LogP contribution in [-0.4, -0.2) is 54.0 Å². The SMILES string of the molecule is CCC1CCC2(CC1)NC(=O)N(CC(=O)NC1CCNCC1C)C2=O. The molecule has 0 aromatic carbocycles. The van der Waals surface area contributed by atoms with Gasteiger partial charge in [0, 0.05) is 6.04 Å². The van der Waals surface area contributed by atoms with Gasteiger partial charge in [-0.2, -0.15) is 0 Å². The molecule has 1 saturated carbocycles. The van der Waals surface area contributed by atoms with Crippen LogP contribution in [0.5, 0.6) is 0 Å². The van der Waals surface area contributed by atoms with Crippen molar-refractivity contribution in [1.29, 1.82) is 0 Å². The highest BCUT2D eigenvalue weighted by Gasteiger charge is 2.52. The van der Waals surface area contributed by atoms with Crippen molar-refractivity contribution in [3.8, 4) is 0 Å². The molecule has 2 heterocycles. The predicted molar refractivity (Wildman–Crippen MR) is 93.8 cm³/mol. The van der Waals surface area contributed by atoms with E-state index in [2.05, 4.69) is 29.8 Å². The van der Waals surface area contributed by atoms with E-state index in [-0.39, 0.29) is 24.4 Å². The number of urea groups is 1. The van der Waals surface area contributed by atoms with Gasteiger partial charge >= 0.3 is 6.03 Å². The maximum absolute atomic E-state index is 12.8. The molecule has 2 unspecified atom stereocenters. The Balaban J connectivity index is 1.58. The number of hydrogen-bond donors (Lipinski definition) is 3. The lowest BCUT2D eigenvalue weighted by molar-refractivity contribution is -0.136. The van der Waals surface area contributed by atoms with Gasteiger partial charge in [0.05, 0.1) is 0 Å². The summed E-state index contributed by atoms with van der Waals surface area (Å²) >= 11 is 0. The Hall–Kier alpha value is -1.63. The lowest BCUT2D eigenvalue weighted by atomic mass is 9.75. The molecule has 2 aliphatic heterocycles. The molecule has 3 rings (SSSR count). The van der Waals surface area contributed by atoms with E-state index in [1.54, 1.807) is 0 Å². The molecule has 7 heteroatoms. The van der Waals surface area contributed by atoms with E-state index >= 15 is 0 Å². The van der Waals surface area contributed by atoms with Gasteiger partial charge < -0.3 is 16.0 Å². The summed E-state index contributed by atoms with van der Waals surface area (Å²) in [6, 6.07) is -0.322. The zero-order chi connectivity index (χ0) is 18.0. The summed E-state index contributed by atoms with van der Waals surface area (Å²) < 4.78 is 0. The maximum atomic E-state index is 12.8. The predicted octanol–water partition coefficient (Wildman–Crippen LogP) is 0.991. The normalized spacial score (nSPS) is 35.8. The Labute approximate surface area is 149 Å². The summed E-state index contributed by atoms with van der Waals surface area (Å²) in [4.78, 5) is 38.6. The first-order valence-electron chi connectivity index (χ1n) is 9.59. The largest absolute Gasteiger partial charge is 0.351 e. The van der Waals surface area contributed by atoms with Crippen LogP contribution in [0.3, 0.4) is 0 Å². The first kappa shape index (κ1) is 18.2. The molecule has 140 valence electrons. The van der Waals surface area contributed by atoms with E-state index in [0.29, 0.717) is 24.7 Å². The molecule has 0 aromatic heterocycles. The molecular formula is C18H30N4O3. The maximum Gasteiger partial charge on any atom is 0.325 e. The number of carbonyl (C=O) groups excluding carboxylic acids is 3. The first-order valence-corrected chi connectivity index (χ1v) is 9.59. The smallest absolute Gasteiger partial charge is 0.325 e. The van der Waals surface area contributed by atoms with Gasteiger partial charge in [-0.1, -0.05) is 20.3 Å². The average molecular weight is 350 g/mol. The molecule has 1 spiro atoms. The molecule has 1 aliphatic carbocycles. The zero-order valence-electron chi connectivity index (χ0n) is 15.3. The number of nitrogens with zero attached hydrogens (tertiary/aromatic N) is 1. The Morgan fingerprint density at radius 3 is 2.64 bits per heavy atom. The molecule has 2 saturated heterocycles. The first-order chi connectivity index (χ1) is 11.9. The summed E-state index contributed by atoms with van der Waals surface area (Å²) in [5.74, 6) is 0.507. The van der Waals surface area contributed by atoms with Crippen molar-refractivity contribution in [3.63, 3.8) is 0 Å². The Morgan fingerprint density at radius 2 is 2.00 bits per heavy atom. The number of hydrogen-bond acceptors (Lipinski definition) is 4. The molecule has 0 bridgehead atoms. The van der Waals surface area contributed by atoms with Gasteiger partial charge in [0.15, 0.2) is 0 Å². The van der Waals surface area contributed by atoms with Crippen LogP contribution in [0.2, 0.25) is 0 Å². The van der Waals surface area contributed by atoms with Crippen molar-refractivity contribution in [2.24, 2.45) is 11.8 Å². The summed E-state index contributed by atoms with van der Waals surface area (Å²) in [6.45, 7) is 5.82. The molecule has 0 radical (unpaired) electrons. The van der Waals surface area contributed by atoms with Crippen LogP contribution >= 0.6 is 0 Å². The van der Waals surface area contributed by atoms with Gasteiger partial charge in [0.1, 0.15) is 12.1 Å². The molecule has 2 atom stereocenters. The van der Waals surface area contributed by atoms with Crippen LogP contribution in [0.25, 0.3) is 0 Å². The fourth-order valence-electron chi connectivity index (χ4n) is 4.36. The topological polar surface area (TPSA) is 90.5 Å². The van der Waals surface area contributed by atoms with E-state index in [1.807, 2.05) is 0 Å². The molecule has 4 amide bonds. The summed E-state index contributed by atoms with van der Waals surface area (Å²) in [5.41, 5.74) is -0.773. The average Bonchev–Trinajstić information content (AvgIpc) is 2.82. The highest BCUT2D eigenvalue weighted by molar-refractivity contribution is 6.09. The third kappa shape index (κ3) is 3.66. The van der Waals surface area contributed by atoms with Gasteiger partial charge in [0.2, 0.25) is 5.91 Å². The minimum atomic E-state index is -0.773. The van der Waals surface area contributed by atoms with Crippen LogP contribution in [0, 0.1) is 11.8 Å². The van der Waals surface area contributed by atoms with Crippen LogP contribution in [0.15, 0.2) is 0 Å². The number of amides is 4. The van der Waals surface area contributed by atoms with E-state index in [0.717, 1.165) is 43.7 Å². The fraction of sp³-hybridized carbons (Fsp3) is 0.833. The van der Waals surface area contributed by atoms with Crippen molar-refractivity contribution in [1.82, 2.24) is 20.9 Å². The molecular weight excluding hydrogens is 320 g/mol. The van der Waals surface area contributed by atoms with E-state index in [1.165, 1.54) is 0 Å². The fourth-order valence-corrected chi connectivity index (χ4v) is 4.36. The third-order valence-corrected chi connectivity index (χ3v) is 6.22. The second-order valence-corrected chi connectivity index (χ2v) is 7.90. The molecule has 7 nitrogen and oxygen atoms in total. The number of imide groups is 1. The van der Waals surface area contributed by atoms with Crippen molar-refractivity contribution < 1.29 is 14.4 Å². The minimum Gasteiger partial charge on any atom is -0.351 e. The van der Waals surface area contributed by atoms with Crippen molar-refractivity contribution in [3.05, 3.63) is 0 Å². The van der Waals surface area contributed by atoms with E-state index in [4.69, 9.17) is 0 Å². The Bertz CT molecular complexity index is 542. The highest BCUT2D eigenvalue weighted by atomic mass is 16.2. The summed E-state index contributed by atoms with van der Waals surface area (Å²) in [5, 5.41) is 9.16. The molecule has 25 heavy (non-hydrogen) atoms. The van der Waals surface area contributed by atoms with Gasteiger partial charge in [-0.3, -0.25) is 14.5 Å². The van der Waals surface area contributed by atoms with Gasteiger partial charge in [0.25, 0.3) is 5.91 Å². The lowest BCUT2D eigenvalue weighted by Gasteiger charge is -2.34. The van der Waals surface area contributed by atoms with Crippen LogP contribution in [0.4, 0.5) is 4.79 Å². The zero-order valence-corrected chi connectivity index (χ0v) is 15.3. The lowest BCUT2D eigenvalue weighted by Crippen LogP contribution is -2.52. The minimum absolute atomic E-state index is 0.100. The standard InChI is InChI=1S/C18H30N4O3/c1-3-13-4-7-18(8-5-13)16(24)22(17(25)21-18)11-15(23)20-14-6-9-19-10-12(14)2/h12-14,19H,3-11H2,1-2H3,(H,20,23)(H,21,25). The summed E-state index contributed by atoms with van der Waals surface area (Å²) in [6.07, 6.45) is 5.25. The molecule has 3 fully saturated rings. The van der Waals surface area contributed by atoms with Crippen molar-refractivity contribution in [2.45, 2.75) is 64.0 Å². The van der Waals surface area contributed by atoms with Crippen LogP contribution in [0.1, 0.15) is 52.4 Å². The van der Waals surface area contributed by atoms with E-state index in [9.17, 15) is 14.4 Å². The van der Waals surface area contributed by atoms with Crippen LogP contribution < -0.4 is 16.0 Å². The van der Waals surface area contributed by atoms with Gasteiger partial charge in [-0.05, 0) is 57.0 Å².